The van der Waals surface area contributed by atoms with E-state index in [4.69, 9.17) is 23.8 Å². The predicted octanol–water partition coefficient (Wildman–Crippen LogP) is 15.2. The number of furan rings is 2. The molecule has 0 fully saturated rings. The summed E-state index contributed by atoms with van der Waals surface area (Å²) in [5, 5.41) is 11.6. The molecule has 0 saturated carbocycles. The SMILES string of the molecule is c1ccc(-c2nc(-c3ccc(-n4c5ccccc5c5ccccc54)cc3)nc(-c3cccc4oc5ccc(-c6ccc7c8ccccc8c8cccc9oc6c7c98)cc5c34)n2)cc1. The Kier molecular flexibility index (Phi) is 7.02. The van der Waals surface area contributed by atoms with Crippen LogP contribution in [0.4, 0.5) is 0 Å². The van der Waals surface area contributed by atoms with Crippen molar-refractivity contribution in [1.82, 2.24) is 19.5 Å². The van der Waals surface area contributed by atoms with Crippen molar-refractivity contribution in [3.63, 3.8) is 0 Å². The molecule has 0 atom stereocenters. The third kappa shape index (κ3) is 4.97. The van der Waals surface area contributed by atoms with Gasteiger partial charge in [0.25, 0.3) is 0 Å². The average Bonchev–Trinajstić information content (AvgIpc) is 4.04. The van der Waals surface area contributed by atoms with Crippen LogP contribution in [-0.2, 0) is 0 Å². The van der Waals surface area contributed by atoms with E-state index in [0.717, 1.165) is 83.0 Å². The Labute approximate surface area is 359 Å². The minimum absolute atomic E-state index is 0.571. The van der Waals surface area contributed by atoms with Crippen molar-refractivity contribution in [1.29, 1.82) is 0 Å². The largest absolute Gasteiger partial charge is 0.456 e. The van der Waals surface area contributed by atoms with E-state index in [1.165, 1.54) is 37.7 Å². The molecule has 63 heavy (non-hydrogen) atoms. The standard InChI is InChI=1S/C57H32N4O2/c1-2-12-33(13-3-1)55-58-56(34-24-27-36(28-25-34)61-46-20-8-6-16-40(46)41-17-7-9-21-47(41)61)60-57(59-55)44-19-11-22-49-51(44)45-32-35(26-31-48(45)62-49)37-29-30-43-39-15-5-4-14-38(39)42-18-10-23-50-52(42)53(43)54(37)63-50/h1-32H. The summed E-state index contributed by atoms with van der Waals surface area (Å²) >= 11 is 0. The van der Waals surface area contributed by atoms with E-state index in [9.17, 15) is 0 Å². The maximum absolute atomic E-state index is 6.77. The second-order valence-corrected chi connectivity index (χ2v) is 16.3. The molecule has 10 aromatic carbocycles. The average molecular weight is 805 g/mol. The first-order valence-corrected chi connectivity index (χ1v) is 21.2. The molecule has 292 valence electrons. The van der Waals surface area contributed by atoms with E-state index in [2.05, 4.69) is 156 Å². The number of fused-ring (bicyclic) bond motifs is 9. The lowest BCUT2D eigenvalue weighted by Crippen LogP contribution is -2.01. The van der Waals surface area contributed by atoms with Crippen LogP contribution in [0.15, 0.2) is 203 Å². The van der Waals surface area contributed by atoms with Crippen LogP contribution in [-0.4, -0.2) is 19.5 Å². The van der Waals surface area contributed by atoms with Crippen molar-refractivity contribution in [3.8, 4) is 51.0 Å². The zero-order valence-corrected chi connectivity index (χ0v) is 33.6. The van der Waals surface area contributed by atoms with E-state index in [-0.39, 0.29) is 0 Å². The van der Waals surface area contributed by atoms with Crippen LogP contribution in [0.1, 0.15) is 0 Å². The molecule has 0 unspecified atom stereocenters. The van der Waals surface area contributed by atoms with Crippen LogP contribution in [0.3, 0.4) is 0 Å². The maximum atomic E-state index is 6.77. The Morgan fingerprint density at radius 1 is 0.317 bits per heavy atom. The van der Waals surface area contributed by atoms with Gasteiger partial charge in [0.1, 0.15) is 22.3 Å². The second-order valence-electron chi connectivity index (χ2n) is 16.3. The maximum Gasteiger partial charge on any atom is 0.164 e. The first-order valence-electron chi connectivity index (χ1n) is 21.2. The molecule has 0 aliphatic rings. The summed E-state index contributed by atoms with van der Waals surface area (Å²) in [5.74, 6) is 1.76. The van der Waals surface area contributed by atoms with Crippen LogP contribution in [0.25, 0.3) is 138 Å². The zero-order valence-electron chi connectivity index (χ0n) is 33.6. The molecule has 6 nitrogen and oxygen atoms in total. The molecule has 14 rings (SSSR count). The smallest absolute Gasteiger partial charge is 0.164 e. The molecular weight excluding hydrogens is 773 g/mol. The van der Waals surface area contributed by atoms with Gasteiger partial charge in [0.05, 0.1) is 11.0 Å². The van der Waals surface area contributed by atoms with Crippen molar-refractivity contribution in [2.45, 2.75) is 0 Å². The van der Waals surface area contributed by atoms with Crippen LogP contribution in [0.5, 0.6) is 0 Å². The van der Waals surface area contributed by atoms with Crippen molar-refractivity contribution >= 4 is 87.2 Å². The molecule has 0 saturated heterocycles. The van der Waals surface area contributed by atoms with Gasteiger partial charge < -0.3 is 13.4 Å². The van der Waals surface area contributed by atoms with Gasteiger partial charge in [-0.2, -0.15) is 0 Å². The highest BCUT2D eigenvalue weighted by molar-refractivity contribution is 6.34. The van der Waals surface area contributed by atoms with Crippen molar-refractivity contribution in [2.24, 2.45) is 0 Å². The summed E-state index contributed by atoms with van der Waals surface area (Å²) in [6.07, 6.45) is 0. The number of rotatable bonds is 5. The van der Waals surface area contributed by atoms with Gasteiger partial charge >= 0.3 is 0 Å². The van der Waals surface area contributed by atoms with E-state index in [1.54, 1.807) is 0 Å². The van der Waals surface area contributed by atoms with Gasteiger partial charge in [-0.05, 0) is 93.8 Å². The number of nitrogens with zero attached hydrogens (tertiary/aromatic N) is 4. The van der Waals surface area contributed by atoms with Crippen LogP contribution < -0.4 is 0 Å². The lowest BCUT2D eigenvalue weighted by atomic mass is 9.91. The number of para-hydroxylation sites is 2. The molecule has 0 N–H and O–H groups in total. The normalized spacial score (nSPS) is 12.1. The van der Waals surface area contributed by atoms with Crippen molar-refractivity contribution in [3.05, 3.63) is 194 Å². The van der Waals surface area contributed by atoms with Crippen molar-refractivity contribution < 1.29 is 8.83 Å². The summed E-state index contributed by atoms with van der Waals surface area (Å²) in [5.41, 5.74) is 11.5. The van der Waals surface area contributed by atoms with Gasteiger partial charge in [0.15, 0.2) is 17.5 Å². The van der Waals surface area contributed by atoms with Gasteiger partial charge in [-0.1, -0.05) is 127 Å². The van der Waals surface area contributed by atoms with Gasteiger partial charge in [-0.15, -0.1) is 0 Å². The highest BCUT2D eigenvalue weighted by Crippen LogP contribution is 2.47. The van der Waals surface area contributed by atoms with Crippen LogP contribution in [0.2, 0.25) is 0 Å². The van der Waals surface area contributed by atoms with Crippen LogP contribution >= 0.6 is 0 Å². The van der Waals surface area contributed by atoms with Gasteiger partial charge in [-0.25, -0.2) is 15.0 Å². The topological polar surface area (TPSA) is 69.9 Å². The fourth-order valence-electron chi connectivity index (χ4n) is 10.0. The van der Waals surface area contributed by atoms with E-state index >= 15 is 0 Å². The second kappa shape index (κ2) is 12.9. The quantitative estimate of drug-likeness (QED) is 0.162. The fourth-order valence-corrected chi connectivity index (χ4v) is 10.0. The summed E-state index contributed by atoms with van der Waals surface area (Å²) in [7, 11) is 0. The number of benzene rings is 10. The Bertz CT molecular complexity index is 4090. The predicted molar refractivity (Wildman–Crippen MR) is 257 cm³/mol. The molecular formula is C57H32N4O2. The summed E-state index contributed by atoms with van der Waals surface area (Å²) in [6, 6.07) is 67.7. The minimum Gasteiger partial charge on any atom is -0.456 e. The van der Waals surface area contributed by atoms with Crippen molar-refractivity contribution in [2.75, 3.05) is 0 Å². The molecule has 0 amide bonds. The Hall–Kier alpha value is -8.61. The molecule has 6 heteroatoms. The molecule has 4 aromatic heterocycles. The molecule has 4 heterocycles. The first kappa shape index (κ1) is 34.1. The van der Waals surface area contributed by atoms with E-state index in [1.807, 2.05) is 42.5 Å². The number of hydrogen-bond donors (Lipinski definition) is 0. The van der Waals surface area contributed by atoms with E-state index < -0.39 is 0 Å². The van der Waals surface area contributed by atoms with Gasteiger partial charge in [-0.3, -0.25) is 0 Å². The van der Waals surface area contributed by atoms with Gasteiger partial charge in [0, 0.05) is 60.3 Å². The third-order valence-corrected chi connectivity index (χ3v) is 12.8. The summed E-state index contributed by atoms with van der Waals surface area (Å²) in [6.45, 7) is 0. The molecule has 0 aliphatic heterocycles. The third-order valence-electron chi connectivity index (χ3n) is 12.8. The van der Waals surface area contributed by atoms with Gasteiger partial charge in [0.2, 0.25) is 0 Å². The number of hydrogen-bond acceptors (Lipinski definition) is 5. The first-order chi connectivity index (χ1) is 31.2. The summed E-state index contributed by atoms with van der Waals surface area (Å²) in [4.78, 5) is 15.5. The molecule has 0 radical (unpaired) electrons. The Balaban J connectivity index is 0.940. The zero-order chi connectivity index (χ0) is 41.2. The molecule has 14 aromatic rings. The molecule has 0 aliphatic carbocycles. The Morgan fingerprint density at radius 3 is 1.62 bits per heavy atom. The monoisotopic (exact) mass is 804 g/mol. The fraction of sp³-hybridized carbons (Fsp3) is 0. The minimum atomic E-state index is 0.571. The lowest BCUT2D eigenvalue weighted by Gasteiger charge is -2.11. The molecule has 0 spiro atoms. The molecule has 0 bridgehead atoms. The highest BCUT2D eigenvalue weighted by atomic mass is 16.3. The van der Waals surface area contributed by atoms with E-state index in [0.29, 0.717) is 17.5 Å². The lowest BCUT2D eigenvalue weighted by molar-refractivity contribution is 0.668. The Morgan fingerprint density at radius 2 is 0.889 bits per heavy atom. The number of aromatic nitrogens is 4. The highest BCUT2D eigenvalue weighted by Gasteiger charge is 2.22. The summed E-state index contributed by atoms with van der Waals surface area (Å²) < 4.78 is 15.7. The van der Waals surface area contributed by atoms with Crippen LogP contribution in [0, 0.1) is 0 Å².